The maximum absolute atomic E-state index is 11.3. The molecule has 0 fully saturated rings. The number of hydrogen-bond acceptors (Lipinski definition) is 2. The van der Waals surface area contributed by atoms with Crippen LogP contribution in [0.25, 0.3) is 5.69 Å². The zero-order chi connectivity index (χ0) is 9.26. The van der Waals surface area contributed by atoms with E-state index in [9.17, 15) is 4.79 Å². The molecule has 66 valence electrons. The largest absolute Gasteiger partial charge is 0.268 e. The minimum atomic E-state index is -0.0434. The molecule has 1 aromatic heterocycles. The van der Waals surface area contributed by atoms with E-state index in [-0.39, 0.29) is 5.56 Å². The minimum absolute atomic E-state index is 0.0434. The molecule has 0 saturated carbocycles. The summed E-state index contributed by atoms with van der Waals surface area (Å²) in [6.07, 6.45) is 0. The lowest BCUT2D eigenvalue weighted by Gasteiger charge is -2.01. The fraction of sp³-hybridized carbons (Fsp3) is 0. The third kappa shape index (κ3) is 1.53. The Labute approximate surface area is 84.2 Å². The highest BCUT2D eigenvalue weighted by atomic mass is 35.5. The third-order valence-corrected chi connectivity index (χ3v) is 2.81. The molecule has 2 aromatic rings. The van der Waals surface area contributed by atoms with Gasteiger partial charge in [-0.1, -0.05) is 35.3 Å². The molecule has 0 aliphatic rings. The number of rotatable bonds is 1. The Hall–Kier alpha value is -1.06. The average Bonchev–Trinajstić information content (AvgIpc) is 2.52. The van der Waals surface area contributed by atoms with Crippen molar-refractivity contribution in [1.82, 2.24) is 3.96 Å². The number of halogens is 1. The number of benzene rings is 1. The summed E-state index contributed by atoms with van der Waals surface area (Å²) in [5.41, 5.74) is 0.697. The maximum Gasteiger partial charge on any atom is 0.265 e. The van der Waals surface area contributed by atoms with Crippen molar-refractivity contribution in [2.24, 2.45) is 0 Å². The van der Waals surface area contributed by atoms with Gasteiger partial charge in [-0.3, -0.25) is 4.79 Å². The van der Waals surface area contributed by atoms with E-state index >= 15 is 0 Å². The van der Waals surface area contributed by atoms with Gasteiger partial charge in [0.1, 0.15) is 0 Å². The summed E-state index contributed by atoms with van der Waals surface area (Å²) >= 11 is 7.27. The van der Waals surface area contributed by atoms with Crippen molar-refractivity contribution >= 4 is 23.1 Å². The number of nitrogens with zero attached hydrogens (tertiary/aromatic N) is 1. The van der Waals surface area contributed by atoms with Gasteiger partial charge < -0.3 is 0 Å². The highest BCUT2D eigenvalue weighted by Crippen LogP contribution is 2.19. The van der Waals surface area contributed by atoms with E-state index in [1.54, 1.807) is 15.4 Å². The summed E-state index contributed by atoms with van der Waals surface area (Å²) in [4.78, 5) is 11.3. The average molecular weight is 212 g/mol. The quantitative estimate of drug-likeness (QED) is 0.711. The number of hydrogen-bond donors (Lipinski definition) is 0. The van der Waals surface area contributed by atoms with Gasteiger partial charge in [-0.05, 0) is 12.1 Å². The van der Waals surface area contributed by atoms with E-state index in [2.05, 4.69) is 0 Å². The van der Waals surface area contributed by atoms with E-state index in [1.807, 2.05) is 18.2 Å². The van der Waals surface area contributed by atoms with Crippen LogP contribution in [0.2, 0.25) is 5.02 Å². The first-order valence-electron chi connectivity index (χ1n) is 3.71. The summed E-state index contributed by atoms with van der Waals surface area (Å²) in [5.74, 6) is 0. The van der Waals surface area contributed by atoms with Gasteiger partial charge in [-0.25, -0.2) is 3.96 Å². The first kappa shape index (κ1) is 8.53. The molecule has 0 radical (unpaired) electrons. The number of para-hydroxylation sites is 1. The van der Waals surface area contributed by atoms with Gasteiger partial charge in [0, 0.05) is 11.4 Å². The Kier molecular flexibility index (Phi) is 2.20. The van der Waals surface area contributed by atoms with Gasteiger partial charge in [0.25, 0.3) is 5.56 Å². The molecule has 0 aliphatic heterocycles. The molecule has 0 N–H and O–H groups in total. The third-order valence-electron chi connectivity index (χ3n) is 1.65. The van der Waals surface area contributed by atoms with E-state index in [0.29, 0.717) is 5.02 Å². The van der Waals surface area contributed by atoms with E-state index in [0.717, 1.165) is 5.69 Å². The van der Waals surface area contributed by atoms with Crippen LogP contribution < -0.4 is 5.56 Å². The van der Waals surface area contributed by atoms with Crippen molar-refractivity contribution in [1.29, 1.82) is 0 Å². The van der Waals surface area contributed by atoms with Crippen molar-refractivity contribution in [3.63, 3.8) is 0 Å². The topological polar surface area (TPSA) is 22.0 Å². The fourth-order valence-electron chi connectivity index (χ4n) is 1.06. The van der Waals surface area contributed by atoms with Gasteiger partial charge in [0.15, 0.2) is 0 Å². The molecule has 0 unspecified atom stereocenters. The van der Waals surface area contributed by atoms with Crippen LogP contribution in [0.3, 0.4) is 0 Å². The summed E-state index contributed by atoms with van der Waals surface area (Å²) in [6.45, 7) is 0. The summed E-state index contributed by atoms with van der Waals surface area (Å²) in [5, 5.41) is 2.33. The Morgan fingerprint density at radius 2 is 2.00 bits per heavy atom. The van der Waals surface area contributed by atoms with Crippen LogP contribution in [-0.2, 0) is 0 Å². The fourth-order valence-corrected chi connectivity index (χ4v) is 2.07. The van der Waals surface area contributed by atoms with Gasteiger partial charge in [0.2, 0.25) is 0 Å². The van der Waals surface area contributed by atoms with E-state index in [1.165, 1.54) is 17.6 Å². The molecule has 0 aliphatic carbocycles. The molecule has 0 bridgehead atoms. The Balaban J connectivity index is 2.66. The van der Waals surface area contributed by atoms with Crippen molar-refractivity contribution < 1.29 is 0 Å². The SMILES string of the molecule is O=c1ccsn1-c1ccccc1Cl. The first-order valence-corrected chi connectivity index (χ1v) is 4.92. The van der Waals surface area contributed by atoms with Crippen LogP contribution in [0.5, 0.6) is 0 Å². The Morgan fingerprint density at radius 3 is 2.62 bits per heavy atom. The lowest BCUT2D eigenvalue weighted by Crippen LogP contribution is -2.09. The van der Waals surface area contributed by atoms with Crippen molar-refractivity contribution in [2.45, 2.75) is 0 Å². The van der Waals surface area contributed by atoms with Gasteiger partial charge >= 0.3 is 0 Å². The summed E-state index contributed by atoms with van der Waals surface area (Å²) in [6, 6.07) is 8.80. The van der Waals surface area contributed by atoms with Crippen LogP contribution in [0.15, 0.2) is 40.5 Å². The zero-order valence-corrected chi connectivity index (χ0v) is 8.18. The smallest absolute Gasteiger partial charge is 0.265 e. The minimum Gasteiger partial charge on any atom is -0.268 e. The van der Waals surface area contributed by atoms with Gasteiger partial charge in [-0.15, -0.1) is 0 Å². The summed E-state index contributed by atoms with van der Waals surface area (Å²) in [7, 11) is 0. The maximum atomic E-state index is 11.3. The number of aromatic nitrogens is 1. The molecule has 4 heteroatoms. The summed E-state index contributed by atoms with van der Waals surface area (Å²) < 4.78 is 1.56. The lowest BCUT2D eigenvalue weighted by molar-refractivity contribution is 1.13. The molecule has 0 saturated heterocycles. The predicted octanol–water partition coefficient (Wildman–Crippen LogP) is 2.55. The molecule has 2 rings (SSSR count). The lowest BCUT2D eigenvalue weighted by atomic mass is 10.3. The second-order valence-electron chi connectivity index (χ2n) is 2.49. The van der Waals surface area contributed by atoms with Crippen LogP contribution in [0.4, 0.5) is 0 Å². The van der Waals surface area contributed by atoms with Crippen LogP contribution >= 0.6 is 23.1 Å². The van der Waals surface area contributed by atoms with Crippen molar-refractivity contribution in [2.75, 3.05) is 0 Å². The predicted molar refractivity (Wildman–Crippen MR) is 54.9 cm³/mol. The Morgan fingerprint density at radius 1 is 1.23 bits per heavy atom. The van der Waals surface area contributed by atoms with Crippen LogP contribution in [0.1, 0.15) is 0 Å². The monoisotopic (exact) mass is 211 g/mol. The molecule has 1 aromatic carbocycles. The van der Waals surface area contributed by atoms with Crippen LogP contribution in [-0.4, -0.2) is 3.96 Å². The van der Waals surface area contributed by atoms with Crippen LogP contribution in [0, 0.1) is 0 Å². The second-order valence-corrected chi connectivity index (χ2v) is 3.75. The molecule has 2 nitrogen and oxygen atoms in total. The first-order chi connectivity index (χ1) is 6.29. The molecule has 1 heterocycles. The standard InChI is InChI=1S/C9H6ClNOS/c10-7-3-1-2-4-8(7)11-9(12)5-6-13-11/h1-6H. The highest BCUT2D eigenvalue weighted by Gasteiger charge is 2.03. The van der Waals surface area contributed by atoms with Gasteiger partial charge in [-0.2, -0.15) is 0 Å². The Bertz CT molecular complexity index is 474. The second kappa shape index (κ2) is 3.36. The zero-order valence-electron chi connectivity index (χ0n) is 6.61. The molecular weight excluding hydrogens is 206 g/mol. The highest BCUT2D eigenvalue weighted by molar-refractivity contribution is 7.04. The molecule has 13 heavy (non-hydrogen) atoms. The molecule has 0 amide bonds. The normalized spacial score (nSPS) is 10.2. The molecule has 0 spiro atoms. The van der Waals surface area contributed by atoms with Gasteiger partial charge in [0.05, 0.1) is 10.7 Å². The van der Waals surface area contributed by atoms with E-state index < -0.39 is 0 Å². The van der Waals surface area contributed by atoms with E-state index in [4.69, 9.17) is 11.6 Å². The molecular formula is C9H6ClNOS. The molecule has 0 atom stereocenters. The van der Waals surface area contributed by atoms with Crippen molar-refractivity contribution in [3.05, 3.63) is 51.1 Å². The van der Waals surface area contributed by atoms with Crippen molar-refractivity contribution in [3.8, 4) is 5.69 Å².